The van der Waals surface area contributed by atoms with Gasteiger partial charge in [0, 0.05) is 16.1 Å². The summed E-state index contributed by atoms with van der Waals surface area (Å²) in [5, 5.41) is 12.0. The van der Waals surface area contributed by atoms with Gasteiger partial charge in [0.15, 0.2) is 0 Å². The summed E-state index contributed by atoms with van der Waals surface area (Å²) in [6.45, 7) is 0. The van der Waals surface area contributed by atoms with Crippen molar-refractivity contribution in [3.63, 3.8) is 0 Å². The van der Waals surface area contributed by atoms with E-state index in [0.29, 0.717) is 21.2 Å². The second-order valence-corrected chi connectivity index (χ2v) is 4.30. The summed E-state index contributed by atoms with van der Waals surface area (Å²) in [4.78, 5) is 10.5. The summed E-state index contributed by atoms with van der Waals surface area (Å²) in [6, 6.07) is 11.3. The van der Waals surface area contributed by atoms with Crippen LogP contribution < -0.4 is 0 Å². The second-order valence-electron chi connectivity index (χ2n) is 3.43. The van der Waals surface area contributed by atoms with E-state index in [2.05, 4.69) is 0 Å². The highest BCUT2D eigenvalue weighted by Crippen LogP contribution is 2.32. The molecule has 2 aromatic carbocycles. The zero-order valence-electron chi connectivity index (χ0n) is 8.56. The standard InChI is InChI=1S/C12H7Cl2NO2/c13-9-3-1-8(2-4-9)11-7-10(14)5-6-12(11)15(16)17/h1-7H. The van der Waals surface area contributed by atoms with Crippen LogP contribution in [0.25, 0.3) is 11.1 Å². The Hall–Kier alpha value is -1.58. The van der Waals surface area contributed by atoms with Crippen LogP contribution in [-0.4, -0.2) is 4.92 Å². The van der Waals surface area contributed by atoms with Crippen LogP contribution in [0.5, 0.6) is 0 Å². The molecule has 2 aromatic rings. The fourth-order valence-corrected chi connectivity index (χ4v) is 1.83. The molecule has 0 aromatic heterocycles. The maximum atomic E-state index is 10.9. The number of nitro benzene ring substituents is 1. The zero-order valence-corrected chi connectivity index (χ0v) is 10.1. The lowest BCUT2D eigenvalue weighted by Crippen LogP contribution is -1.91. The van der Waals surface area contributed by atoms with Crippen LogP contribution in [0.15, 0.2) is 42.5 Å². The normalized spacial score (nSPS) is 10.2. The molecule has 0 atom stereocenters. The van der Waals surface area contributed by atoms with Gasteiger partial charge in [-0.1, -0.05) is 35.3 Å². The summed E-state index contributed by atoms with van der Waals surface area (Å²) in [5.74, 6) is 0. The van der Waals surface area contributed by atoms with Crippen molar-refractivity contribution >= 4 is 28.9 Å². The second kappa shape index (κ2) is 4.73. The molecular weight excluding hydrogens is 261 g/mol. The molecule has 0 spiro atoms. The van der Waals surface area contributed by atoms with Crippen molar-refractivity contribution in [3.05, 3.63) is 62.6 Å². The number of nitrogens with zero attached hydrogens (tertiary/aromatic N) is 1. The van der Waals surface area contributed by atoms with Crippen molar-refractivity contribution in [1.29, 1.82) is 0 Å². The average molecular weight is 268 g/mol. The SMILES string of the molecule is O=[N+]([O-])c1ccc(Cl)cc1-c1ccc(Cl)cc1. The minimum atomic E-state index is -0.430. The summed E-state index contributed by atoms with van der Waals surface area (Å²) in [6.07, 6.45) is 0. The van der Waals surface area contributed by atoms with E-state index in [-0.39, 0.29) is 5.69 Å². The van der Waals surface area contributed by atoms with Gasteiger partial charge < -0.3 is 0 Å². The minimum absolute atomic E-state index is 0.0247. The molecule has 5 heteroatoms. The topological polar surface area (TPSA) is 43.1 Å². The van der Waals surface area contributed by atoms with E-state index in [9.17, 15) is 10.1 Å². The van der Waals surface area contributed by atoms with Crippen molar-refractivity contribution in [2.45, 2.75) is 0 Å². The van der Waals surface area contributed by atoms with E-state index >= 15 is 0 Å². The molecule has 0 saturated heterocycles. The van der Waals surface area contributed by atoms with Gasteiger partial charge in [-0.3, -0.25) is 10.1 Å². The smallest absolute Gasteiger partial charge is 0.258 e. The Morgan fingerprint density at radius 3 is 2.12 bits per heavy atom. The Labute approximate surface area is 108 Å². The molecule has 0 unspecified atom stereocenters. The van der Waals surface area contributed by atoms with Gasteiger partial charge in [0.1, 0.15) is 0 Å². The minimum Gasteiger partial charge on any atom is -0.258 e. The summed E-state index contributed by atoms with van der Waals surface area (Å²) < 4.78 is 0. The van der Waals surface area contributed by atoms with Gasteiger partial charge in [0.2, 0.25) is 0 Å². The van der Waals surface area contributed by atoms with Crippen LogP contribution in [0.1, 0.15) is 0 Å². The van der Waals surface area contributed by atoms with E-state index in [1.807, 2.05) is 0 Å². The van der Waals surface area contributed by atoms with Crippen LogP contribution in [0.4, 0.5) is 5.69 Å². The number of hydrogen-bond acceptors (Lipinski definition) is 2. The lowest BCUT2D eigenvalue weighted by molar-refractivity contribution is -0.384. The molecule has 0 aliphatic carbocycles. The molecule has 0 radical (unpaired) electrons. The lowest BCUT2D eigenvalue weighted by Gasteiger charge is -2.04. The molecule has 86 valence electrons. The fourth-order valence-electron chi connectivity index (χ4n) is 1.53. The molecule has 0 aliphatic heterocycles. The van der Waals surface area contributed by atoms with Crippen LogP contribution in [0.2, 0.25) is 10.0 Å². The largest absolute Gasteiger partial charge is 0.277 e. The predicted molar refractivity (Wildman–Crippen MR) is 68.6 cm³/mol. The summed E-state index contributed by atoms with van der Waals surface area (Å²) in [5.41, 5.74) is 1.22. The van der Waals surface area contributed by atoms with Gasteiger partial charge in [-0.25, -0.2) is 0 Å². The predicted octanol–water partition coefficient (Wildman–Crippen LogP) is 4.57. The molecule has 0 heterocycles. The van der Waals surface area contributed by atoms with Gasteiger partial charge in [0.05, 0.1) is 10.5 Å². The first-order valence-electron chi connectivity index (χ1n) is 4.78. The van der Waals surface area contributed by atoms with E-state index in [0.717, 1.165) is 0 Å². The Bertz CT molecular complexity index is 567. The molecule has 17 heavy (non-hydrogen) atoms. The number of halogens is 2. The third-order valence-corrected chi connectivity index (χ3v) is 2.80. The molecule has 2 rings (SSSR count). The van der Waals surface area contributed by atoms with Crippen molar-refractivity contribution in [3.8, 4) is 11.1 Å². The molecule has 0 N–H and O–H groups in total. The van der Waals surface area contributed by atoms with E-state index in [1.54, 1.807) is 30.3 Å². The number of benzene rings is 2. The lowest BCUT2D eigenvalue weighted by atomic mass is 10.0. The maximum absolute atomic E-state index is 10.9. The first-order valence-corrected chi connectivity index (χ1v) is 5.53. The third-order valence-electron chi connectivity index (χ3n) is 2.31. The average Bonchev–Trinajstić information content (AvgIpc) is 2.29. The molecular formula is C12H7Cl2NO2. The number of nitro groups is 1. The molecule has 3 nitrogen and oxygen atoms in total. The molecule has 0 fully saturated rings. The van der Waals surface area contributed by atoms with Crippen LogP contribution >= 0.6 is 23.2 Å². The first kappa shape index (κ1) is 11.9. The highest BCUT2D eigenvalue weighted by Gasteiger charge is 2.15. The third kappa shape index (κ3) is 2.57. The Morgan fingerprint density at radius 2 is 1.53 bits per heavy atom. The maximum Gasteiger partial charge on any atom is 0.277 e. The summed E-state index contributed by atoms with van der Waals surface area (Å²) >= 11 is 11.6. The van der Waals surface area contributed by atoms with Gasteiger partial charge in [0.25, 0.3) is 5.69 Å². The highest BCUT2D eigenvalue weighted by molar-refractivity contribution is 6.31. The van der Waals surface area contributed by atoms with Crippen LogP contribution in [0.3, 0.4) is 0 Å². The molecule has 0 aliphatic rings. The van der Waals surface area contributed by atoms with Gasteiger partial charge in [-0.2, -0.15) is 0 Å². The quantitative estimate of drug-likeness (QED) is 0.591. The monoisotopic (exact) mass is 267 g/mol. The van der Waals surface area contributed by atoms with Crippen molar-refractivity contribution < 1.29 is 4.92 Å². The Kier molecular flexibility index (Phi) is 3.31. The van der Waals surface area contributed by atoms with Crippen molar-refractivity contribution in [2.24, 2.45) is 0 Å². The van der Waals surface area contributed by atoms with Gasteiger partial charge in [-0.05, 0) is 29.8 Å². The van der Waals surface area contributed by atoms with Gasteiger partial charge in [-0.15, -0.1) is 0 Å². The van der Waals surface area contributed by atoms with E-state index in [4.69, 9.17) is 23.2 Å². The van der Waals surface area contributed by atoms with E-state index in [1.165, 1.54) is 12.1 Å². The van der Waals surface area contributed by atoms with Crippen LogP contribution in [-0.2, 0) is 0 Å². The fraction of sp³-hybridized carbons (Fsp3) is 0. The first-order chi connectivity index (χ1) is 8.08. The number of rotatable bonds is 2. The Balaban J connectivity index is 2.60. The van der Waals surface area contributed by atoms with Gasteiger partial charge >= 0.3 is 0 Å². The van der Waals surface area contributed by atoms with Crippen molar-refractivity contribution in [1.82, 2.24) is 0 Å². The number of hydrogen-bond donors (Lipinski definition) is 0. The highest BCUT2D eigenvalue weighted by atomic mass is 35.5. The van der Waals surface area contributed by atoms with E-state index < -0.39 is 4.92 Å². The molecule has 0 saturated carbocycles. The van der Waals surface area contributed by atoms with Crippen molar-refractivity contribution in [2.75, 3.05) is 0 Å². The summed E-state index contributed by atoms with van der Waals surface area (Å²) in [7, 11) is 0. The molecule has 0 amide bonds. The zero-order chi connectivity index (χ0) is 12.4. The molecule has 0 bridgehead atoms. The Morgan fingerprint density at radius 1 is 0.941 bits per heavy atom. The van der Waals surface area contributed by atoms with Crippen LogP contribution in [0, 0.1) is 10.1 Å².